The van der Waals surface area contributed by atoms with Crippen molar-refractivity contribution in [3.05, 3.63) is 40.4 Å². The summed E-state index contributed by atoms with van der Waals surface area (Å²) < 4.78 is 5.02. The highest BCUT2D eigenvalue weighted by atomic mass is 35.5. The molecule has 6 heteroatoms. The van der Waals surface area contributed by atoms with E-state index in [4.69, 9.17) is 33.5 Å². The Labute approximate surface area is 112 Å². The van der Waals surface area contributed by atoms with Crippen LogP contribution in [-0.2, 0) is 0 Å². The van der Waals surface area contributed by atoms with Crippen molar-refractivity contribution >= 4 is 40.1 Å². The normalized spacial score (nSPS) is 11.0. The Balaban J connectivity index is 2.19. The summed E-state index contributed by atoms with van der Waals surface area (Å²) in [7, 11) is 0. The predicted molar refractivity (Wildman–Crippen MR) is 71.7 cm³/mol. The van der Waals surface area contributed by atoms with Gasteiger partial charge in [-0.05, 0) is 30.3 Å². The summed E-state index contributed by atoms with van der Waals surface area (Å²) in [5.74, 6) is 0.325. The zero-order valence-corrected chi connectivity index (χ0v) is 10.5. The van der Waals surface area contributed by atoms with Crippen LogP contribution in [0, 0.1) is 0 Å². The average molecular weight is 280 g/mol. The van der Waals surface area contributed by atoms with Crippen molar-refractivity contribution in [2.24, 2.45) is 0 Å². The van der Waals surface area contributed by atoms with E-state index in [9.17, 15) is 0 Å². The van der Waals surface area contributed by atoms with Crippen LogP contribution in [0.5, 0.6) is 0 Å². The fourth-order valence-corrected chi connectivity index (χ4v) is 2.20. The minimum absolute atomic E-state index is 0.325. The average Bonchev–Trinajstić information content (AvgIpc) is 2.71. The predicted octanol–water partition coefficient (Wildman–Crippen LogP) is 3.78. The number of benzene rings is 1. The first-order valence-corrected chi connectivity index (χ1v) is 5.88. The Bertz CT molecular complexity index is 739. The number of pyridine rings is 1. The minimum atomic E-state index is 0.325. The third-order valence-electron chi connectivity index (χ3n) is 2.57. The van der Waals surface area contributed by atoms with Crippen LogP contribution in [0.3, 0.4) is 0 Å². The molecule has 0 bridgehead atoms. The van der Waals surface area contributed by atoms with E-state index in [-0.39, 0.29) is 0 Å². The van der Waals surface area contributed by atoms with E-state index in [0.717, 1.165) is 5.56 Å². The molecule has 4 nitrogen and oxygen atoms in total. The Hall–Kier alpha value is -1.78. The smallest absolute Gasteiger partial charge is 0.260 e. The maximum atomic E-state index is 6.13. The first kappa shape index (κ1) is 11.3. The number of rotatable bonds is 1. The summed E-state index contributed by atoms with van der Waals surface area (Å²) in [5.41, 5.74) is 7.47. The molecule has 90 valence electrons. The van der Waals surface area contributed by atoms with Gasteiger partial charge in [-0.15, -0.1) is 0 Å². The third kappa shape index (κ3) is 1.79. The Morgan fingerprint density at radius 3 is 2.72 bits per heavy atom. The van der Waals surface area contributed by atoms with E-state index >= 15 is 0 Å². The first-order valence-electron chi connectivity index (χ1n) is 5.12. The van der Waals surface area contributed by atoms with Crippen LogP contribution in [0.4, 0.5) is 5.82 Å². The summed E-state index contributed by atoms with van der Waals surface area (Å²) in [6.45, 7) is 0. The molecule has 3 aromatic rings. The van der Waals surface area contributed by atoms with E-state index in [1.54, 1.807) is 24.3 Å². The molecule has 2 aromatic heterocycles. The number of anilines is 1. The van der Waals surface area contributed by atoms with E-state index in [1.807, 2.05) is 6.07 Å². The highest BCUT2D eigenvalue weighted by Crippen LogP contribution is 2.30. The molecule has 2 N–H and O–H groups in total. The van der Waals surface area contributed by atoms with Gasteiger partial charge in [0.05, 0.1) is 16.1 Å². The zero-order chi connectivity index (χ0) is 12.7. The lowest BCUT2D eigenvalue weighted by molar-refractivity contribution is 0.453. The lowest BCUT2D eigenvalue weighted by atomic mass is 10.1. The van der Waals surface area contributed by atoms with Gasteiger partial charge in [0.2, 0.25) is 0 Å². The molecule has 3 rings (SSSR count). The maximum Gasteiger partial charge on any atom is 0.260 e. The second-order valence-electron chi connectivity index (χ2n) is 3.74. The standard InChI is InChI=1S/C12H7Cl2N3O/c13-6-1-2-7(9(14)5-6)10-4-3-8-11(15)17-18-12(8)16-10/h1-5H,(H2,15,17). The van der Waals surface area contributed by atoms with E-state index in [0.29, 0.717) is 32.7 Å². The van der Waals surface area contributed by atoms with Crippen molar-refractivity contribution in [2.45, 2.75) is 0 Å². The molecular weight excluding hydrogens is 273 g/mol. The van der Waals surface area contributed by atoms with Crippen LogP contribution in [0.1, 0.15) is 0 Å². The number of fused-ring (bicyclic) bond motifs is 1. The number of hydrogen-bond donors (Lipinski definition) is 1. The van der Waals surface area contributed by atoms with Gasteiger partial charge in [0.15, 0.2) is 5.82 Å². The number of hydrogen-bond acceptors (Lipinski definition) is 4. The fourth-order valence-electron chi connectivity index (χ4n) is 1.69. The molecule has 0 fully saturated rings. The quantitative estimate of drug-likeness (QED) is 0.736. The van der Waals surface area contributed by atoms with Gasteiger partial charge in [-0.3, -0.25) is 0 Å². The third-order valence-corrected chi connectivity index (χ3v) is 3.12. The second-order valence-corrected chi connectivity index (χ2v) is 4.58. The molecule has 18 heavy (non-hydrogen) atoms. The molecule has 0 aliphatic carbocycles. The van der Waals surface area contributed by atoms with Crippen LogP contribution in [0.15, 0.2) is 34.9 Å². The molecule has 2 heterocycles. The zero-order valence-electron chi connectivity index (χ0n) is 9.02. The summed E-state index contributed by atoms with van der Waals surface area (Å²) in [4.78, 5) is 4.32. The minimum Gasteiger partial charge on any atom is -0.380 e. The van der Waals surface area contributed by atoms with Crippen molar-refractivity contribution in [1.82, 2.24) is 10.1 Å². The summed E-state index contributed by atoms with van der Waals surface area (Å²) in [6.07, 6.45) is 0. The molecule has 0 unspecified atom stereocenters. The fraction of sp³-hybridized carbons (Fsp3) is 0. The van der Waals surface area contributed by atoms with E-state index in [1.165, 1.54) is 0 Å². The van der Waals surface area contributed by atoms with Crippen molar-refractivity contribution in [1.29, 1.82) is 0 Å². The highest BCUT2D eigenvalue weighted by molar-refractivity contribution is 6.36. The number of aromatic nitrogens is 2. The van der Waals surface area contributed by atoms with Crippen molar-refractivity contribution in [3.63, 3.8) is 0 Å². The Morgan fingerprint density at radius 2 is 1.94 bits per heavy atom. The Kier molecular flexibility index (Phi) is 2.61. The molecule has 0 spiro atoms. The molecule has 0 atom stereocenters. The molecule has 0 amide bonds. The first-order chi connectivity index (χ1) is 8.65. The van der Waals surface area contributed by atoms with Crippen LogP contribution in [0.25, 0.3) is 22.4 Å². The number of nitrogen functional groups attached to an aromatic ring is 1. The van der Waals surface area contributed by atoms with Gasteiger partial charge < -0.3 is 10.3 Å². The van der Waals surface area contributed by atoms with Crippen LogP contribution in [-0.4, -0.2) is 10.1 Å². The van der Waals surface area contributed by atoms with Gasteiger partial charge in [0.1, 0.15) is 0 Å². The number of halogens is 2. The molecule has 0 radical (unpaired) electrons. The lowest BCUT2D eigenvalue weighted by Crippen LogP contribution is -1.86. The summed E-state index contributed by atoms with van der Waals surface area (Å²) in [6, 6.07) is 8.83. The van der Waals surface area contributed by atoms with Gasteiger partial charge >= 0.3 is 0 Å². The molecular formula is C12H7Cl2N3O. The summed E-state index contributed by atoms with van der Waals surface area (Å²) >= 11 is 12.0. The number of nitrogens with zero attached hydrogens (tertiary/aromatic N) is 2. The van der Waals surface area contributed by atoms with E-state index in [2.05, 4.69) is 10.1 Å². The SMILES string of the molecule is Nc1noc2nc(-c3ccc(Cl)cc3Cl)ccc12. The summed E-state index contributed by atoms with van der Waals surface area (Å²) in [5, 5.41) is 5.44. The van der Waals surface area contributed by atoms with Crippen molar-refractivity contribution < 1.29 is 4.52 Å². The number of nitrogens with two attached hydrogens (primary N) is 1. The molecule has 0 saturated carbocycles. The topological polar surface area (TPSA) is 64.9 Å². The molecule has 0 aliphatic heterocycles. The van der Waals surface area contributed by atoms with E-state index < -0.39 is 0 Å². The van der Waals surface area contributed by atoms with Crippen LogP contribution < -0.4 is 5.73 Å². The van der Waals surface area contributed by atoms with Crippen molar-refractivity contribution in [3.8, 4) is 11.3 Å². The van der Waals surface area contributed by atoms with Crippen molar-refractivity contribution in [2.75, 3.05) is 5.73 Å². The largest absolute Gasteiger partial charge is 0.380 e. The lowest BCUT2D eigenvalue weighted by Gasteiger charge is -2.03. The van der Waals surface area contributed by atoms with Gasteiger partial charge in [-0.25, -0.2) is 4.98 Å². The molecule has 1 aromatic carbocycles. The van der Waals surface area contributed by atoms with Gasteiger partial charge in [-0.2, -0.15) is 0 Å². The van der Waals surface area contributed by atoms with Gasteiger partial charge in [-0.1, -0.05) is 28.4 Å². The second kappa shape index (κ2) is 4.15. The van der Waals surface area contributed by atoms with Gasteiger partial charge in [0, 0.05) is 10.6 Å². The maximum absolute atomic E-state index is 6.13. The van der Waals surface area contributed by atoms with Gasteiger partial charge in [0.25, 0.3) is 5.71 Å². The van der Waals surface area contributed by atoms with Crippen LogP contribution >= 0.6 is 23.2 Å². The Morgan fingerprint density at radius 1 is 1.11 bits per heavy atom. The molecule has 0 aliphatic rings. The highest BCUT2D eigenvalue weighted by Gasteiger charge is 2.10. The van der Waals surface area contributed by atoms with Crippen LogP contribution in [0.2, 0.25) is 10.0 Å². The monoisotopic (exact) mass is 279 g/mol. The molecule has 0 saturated heterocycles.